The van der Waals surface area contributed by atoms with Gasteiger partial charge in [0.15, 0.2) is 0 Å². The Morgan fingerprint density at radius 2 is 1.29 bits per heavy atom. The monoisotopic (exact) mass is 580 g/mol. The molecule has 232 valence electrons. The van der Waals surface area contributed by atoms with Crippen LogP contribution in [-0.2, 0) is 9.59 Å². The molecule has 0 saturated heterocycles. The van der Waals surface area contributed by atoms with E-state index in [9.17, 15) is 18.8 Å². The van der Waals surface area contributed by atoms with Crippen molar-refractivity contribution >= 4 is 30.4 Å². The zero-order valence-corrected chi connectivity index (χ0v) is 24.3. The van der Waals surface area contributed by atoms with Crippen molar-refractivity contribution in [1.82, 2.24) is 16.1 Å². The fourth-order valence-electron chi connectivity index (χ4n) is 4.60. The Morgan fingerprint density at radius 3 is 1.80 bits per heavy atom. The molecule has 10 nitrogen and oxygen atoms in total. The maximum absolute atomic E-state index is 13.8. The lowest BCUT2D eigenvalue weighted by molar-refractivity contribution is -0.139. The number of halogens is 1. The van der Waals surface area contributed by atoms with Crippen LogP contribution in [0.4, 0.5) is 4.39 Å². The molecule has 0 aliphatic rings. The predicted octanol–water partition coefficient (Wildman–Crippen LogP) is 2.90. The number of hydrogen-bond acceptors (Lipinski definition) is 7. The largest absolute Gasteiger partial charge is 0.491 e. The van der Waals surface area contributed by atoms with Gasteiger partial charge in [-0.1, -0.05) is 76.7 Å². The van der Waals surface area contributed by atoms with Gasteiger partial charge in [-0.15, -0.1) is 0 Å². The molecule has 0 aromatic heterocycles. The van der Waals surface area contributed by atoms with Gasteiger partial charge in [0.05, 0.1) is 0 Å². The summed E-state index contributed by atoms with van der Waals surface area (Å²) in [4.78, 5) is 34.8. The minimum Gasteiger partial charge on any atom is -0.480 e. The molecule has 8 N–H and O–H groups in total. The molecule has 0 fully saturated rings. The summed E-state index contributed by atoms with van der Waals surface area (Å²) in [6, 6.07) is 2.86. The summed E-state index contributed by atoms with van der Waals surface area (Å²) in [6.45, 7) is 1.09. The van der Waals surface area contributed by atoms with E-state index in [4.69, 9.17) is 21.0 Å². The summed E-state index contributed by atoms with van der Waals surface area (Å²) in [5.74, 6) is 3.11. The third kappa shape index (κ3) is 17.8. The molecule has 41 heavy (non-hydrogen) atoms. The SMILES string of the molecule is NN[C@@H](CCCCNC(=O)CCCCCCCCCCCCCCCNC(=O)c1ccc(B(O)O)c(F)c1)C(=O)O. The Morgan fingerprint density at radius 1 is 0.780 bits per heavy atom. The lowest BCUT2D eigenvalue weighted by Gasteiger charge is -2.10. The highest BCUT2D eigenvalue weighted by Gasteiger charge is 2.18. The molecule has 0 radical (unpaired) electrons. The van der Waals surface area contributed by atoms with E-state index >= 15 is 0 Å². The van der Waals surface area contributed by atoms with E-state index in [1.54, 1.807) is 0 Å². The van der Waals surface area contributed by atoms with Crippen LogP contribution in [0.15, 0.2) is 18.2 Å². The van der Waals surface area contributed by atoms with Crippen molar-refractivity contribution < 1.29 is 33.9 Å². The number of hydrogen-bond donors (Lipinski definition) is 7. The molecule has 0 aliphatic carbocycles. The van der Waals surface area contributed by atoms with Gasteiger partial charge < -0.3 is 25.8 Å². The Balaban J connectivity index is 1.85. The molecule has 12 heteroatoms. The van der Waals surface area contributed by atoms with Crippen LogP contribution in [0, 0.1) is 5.82 Å². The van der Waals surface area contributed by atoms with Crippen LogP contribution in [0.1, 0.15) is 120 Å². The number of rotatable bonds is 25. The first kappa shape index (κ1) is 36.5. The molecule has 0 unspecified atom stereocenters. The number of nitrogens with one attached hydrogen (secondary N) is 3. The lowest BCUT2D eigenvalue weighted by Crippen LogP contribution is -2.41. The van der Waals surface area contributed by atoms with E-state index in [0.717, 1.165) is 51.0 Å². The summed E-state index contributed by atoms with van der Waals surface area (Å²) in [5, 5.41) is 32.7. The number of carbonyl (C=O) groups is 3. The molecule has 0 bridgehead atoms. The summed E-state index contributed by atoms with van der Waals surface area (Å²) in [5.41, 5.74) is 2.18. The first-order chi connectivity index (χ1) is 19.8. The van der Waals surface area contributed by atoms with Crippen molar-refractivity contribution in [2.75, 3.05) is 13.1 Å². The standard InChI is InChI=1S/C29H50BFN4O6/c31-25-22-23(18-19-24(25)30(40)41)28(37)34-21-14-11-9-7-5-3-1-2-4-6-8-10-12-17-27(36)33-20-15-13-16-26(35-32)29(38)39/h18-19,22,26,35,40-41H,1-17,20-21,32H2,(H,33,36)(H,34,37)(H,38,39)/t26-/m0/s1. The van der Waals surface area contributed by atoms with Gasteiger partial charge in [0.1, 0.15) is 11.9 Å². The average Bonchev–Trinajstić information content (AvgIpc) is 2.94. The smallest absolute Gasteiger partial charge is 0.480 e. The molecular formula is C29H50BFN4O6. The van der Waals surface area contributed by atoms with Gasteiger partial charge in [-0.05, 0) is 44.2 Å². The van der Waals surface area contributed by atoms with Gasteiger partial charge >= 0.3 is 13.1 Å². The zero-order chi connectivity index (χ0) is 30.3. The Hall–Kier alpha value is -2.54. The van der Waals surface area contributed by atoms with E-state index < -0.39 is 24.9 Å². The molecule has 0 spiro atoms. The average molecular weight is 581 g/mol. The lowest BCUT2D eigenvalue weighted by atomic mass is 9.79. The van der Waals surface area contributed by atoms with Crippen molar-refractivity contribution in [3.63, 3.8) is 0 Å². The fraction of sp³-hybridized carbons (Fsp3) is 0.690. The van der Waals surface area contributed by atoms with Crippen LogP contribution in [0.25, 0.3) is 0 Å². The summed E-state index contributed by atoms with van der Waals surface area (Å²) in [6.07, 6.45) is 17.1. The second-order valence-corrected chi connectivity index (χ2v) is 10.6. The normalized spacial score (nSPS) is 11.7. The third-order valence-electron chi connectivity index (χ3n) is 7.15. The minimum atomic E-state index is -1.90. The van der Waals surface area contributed by atoms with Crippen molar-refractivity contribution in [2.24, 2.45) is 5.84 Å². The highest BCUT2D eigenvalue weighted by atomic mass is 19.1. The number of nitrogens with two attached hydrogens (primary N) is 1. The van der Waals surface area contributed by atoms with Gasteiger partial charge in [-0.2, -0.15) is 0 Å². The quantitative estimate of drug-likeness (QED) is 0.0400. The van der Waals surface area contributed by atoms with Crippen molar-refractivity contribution in [3.05, 3.63) is 29.6 Å². The van der Waals surface area contributed by atoms with Gasteiger partial charge in [0, 0.05) is 30.5 Å². The van der Waals surface area contributed by atoms with E-state index in [2.05, 4.69) is 16.1 Å². The first-order valence-electron chi connectivity index (χ1n) is 15.2. The van der Waals surface area contributed by atoms with E-state index in [1.807, 2.05) is 0 Å². The number of carboxylic acids is 1. The van der Waals surface area contributed by atoms with E-state index in [1.165, 1.54) is 57.1 Å². The molecule has 1 rings (SSSR count). The minimum absolute atomic E-state index is 0.0607. The number of hydrazine groups is 1. The van der Waals surface area contributed by atoms with Gasteiger partial charge in [0.2, 0.25) is 5.91 Å². The van der Waals surface area contributed by atoms with Crippen LogP contribution in [-0.4, -0.2) is 59.2 Å². The summed E-state index contributed by atoms with van der Waals surface area (Å²) < 4.78 is 13.8. The number of benzene rings is 1. The molecule has 0 saturated carbocycles. The fourth-order valence-corrected chi connectivity index (χ4v) is 4.60. The molecule has 0 heterocycles. The summed E-state index contributed by atoms with van der Waals surface area (Å²) in [7, 11) is -1.90. The van der Waals surface area contributed by atoms with Crippen LogP contribution < -0.4 is 27.4 Å². The van der Waals surface area contributed by atoms with Gasteiger partial charge in [0.25, 0.3) is 5.91 Å². The van der Waals surface area contributed by atoms with Gasteiger partial charge in [-0.25, -0.2) is 9.82 Å². The molecule has 1 atom stereocenters. The maximum Gasteiger partial charge on any atom is 0.491 e. The number of unbranched alkanes of at least 4 members (excludes halogenated alkanes) is 13. The highest BCUT2D eigenvalue weighted by Crippen LogP contribution is 2.13. The Bertz CT molecular complexity index is 893. The highest BCUT2D eigenvalue weighted by molar-refractivity contribution is 6.58. The first-order valence-corrected chi connectivity index (χ1v) is 15.2. The molecule has 0 aliphatic heterocycles. The Labute approximate surface area is 244 Å². The number of amides is 2. The zero-order valence-electron chi connectivity index (χ0n) is 24.3. The van der Waals surface area contributed by atoms with Crippen LogP contribution in [0.2, 0.25) is 0 Å². The van der Waals surface area contributed by atoms with Crippen molar-refractivity contribution in [2.45, 2.75) is 115 Å². The number of aliphatic carboxylic acids is 1. The molecule has 1 aromatic rings. The van der Waals surface area contributed by atoms with Crippen molar-refractivity contribution in [3.8, 4) is 0 Å². The van der Waals surface area contributed by atoms with Gasteiger partial charge in [-0.3, -0.25) is 20.2 Å². The number of carboxylic acid groups (broad SMARTS) is 1. The van der Waals surface area contributed by atoms with Crippen molar-refractivity contribution in [1.29, 1.82) is 0 Å². The summed E-state index contributed by atoms with van der Waals surface area (Å²) >= 11 is 0. The van der Waals surface area contributed by atoms with Crippen LogP contribution in [0.3, 0.4) is 0 Å². The van der Waals surface area contributed by atoms with Crippen LogP contribution in [0.5, 0.6) is 0 Å². The van der Waals surface area contributed by atoms with E-state index in [0.29, 0.717) is 32.4 Å². The molecule has 2 amide bonds. The maximum atomic E-state index is 13.8. The molecule has 1 aromatic carbocycles. The second-order valence-electron chi connectivity index (χ2n) is 10.6. The second kappa shape index (κ2) is 23.1. The third-order valence-corrected chi connectivity index (χ3v) is 7.15. The van der Waals surface area contributed by atoms with E-state index in [-0.39, 0.29) is 22.8 Å². The topological polar surface area (TPSA) is 174 Å². The van der Waals surface area contributed by atoms with Crippen LogP contribution >= 0.6 is 0 Å². The number of carbonyl (C=O) groups excluding carboxylic acids is 2. The molecular weight excluding hydrogens is 530 g/mol. The predicted molar refractivity (Wildman–Crippen MR) is 159 cm³/mol. The Kier molecular flexibility index (Phi) is 20.5.